The third-order valence-corrected chi connectivity index (χ3v) is 4.58. The molecule has 2 atom stereocenters. The lowest BCUT2D eigenvalue weighted by atomic mass is 10.2. The summed E-state index contributed by atoms with van der Waals surface area (Å²) in [4.78, 5) is 27.6. The molecule has 0 bridgehead atoms. The molecule has 2 saturated heterocycles. The van der Waals surface area contributed by atoms with Gasteiger partial charge in [0.25, 0.3) is 0 Å². The van der Waals surface area contributed by atoms with Gasteiger partial charge in [-0.25, -0.2) is 0 Å². The van der Waals surface area contributed by atoms with Crippen LogP contribution in [0.5, 0.6) is 0 Å². The van der Waals surface area contributed by atoms with Crippen molar-refractivity contribution in [2.75, 3.05) is 13.2 Å². The molecule has 0 saturated carbocycles. The molecule has 0 N–H and O–H groups in total. The predicted octanol–water partition coefficient (Wildman–Crippen LogP) is 1.78. The number of imidazole rings is 2. The Labute approximate surface area is 160 Å². The number of epoxide rings is 2. The van der Waals surface area contributed by atoms with E-state index in [9.17, 15) is 20.2 Å². The Kier molecular flexibility index (Phi) is 4.93. The maximum Gasteiger partial charge on any atom is 0.381 e. The summed E-state index contributed by atoms with van der Waals surface area (Å²) in [6, 6.07) is 0. The zero-order chi connectivity index (χ0) is 20.7. The van der Waals surface area contributed by atoms with Crippen molar-refractivity contribution in [3.05, 3.63) is 44.3 Å². The van der Waals surface area contributed by atoms with Crippen LogP contribution in [0.2, 0.25) is 0 Å². The van der Waals surface area contributed by atoms with E-state index in [1.165, 1.54) is 12.4 Å². The van der Waals surface area contributed by atoms with Crippen molar-refractivity contribution in [2.24, 2.45) is 0 Å². The normalized spacial score (nSPS) is 25.0. The Morgan fingerprint density at radius 2 is 1.25 bits per heavy atom. The van der Waals surface area contributed by atoms with Gasteiger partial charge in [-0.2, -0.15) is 0 Å². The molecule has 2 fully saturated rings. The number of nitrogens with zero attached hydrogens (tertiary/aromatic N) is 6. The van der Waals surface area contributed by atoms with Gasteiger partial charge in [-0.15, -0.1) is 0 Å². The van der Waals surface area contributed by atoms with Gasteiger partial charge in [0.2, 0.25) is 11.6 Å². The fourth-order valence-corrected chi connectivity index (χ4v) is 2.63. The molecular weight excluding hydrogens is 372 g/mol. The maximum atomic E-state index is 10.4. The van der Waals surface area contributed by atoms with Gasteiger partial charge in [0.1, 0.15) is 23.6 Å². The minimum Gasteiger partial charge on any atom is -0.368 e. The second-order valence-corrected chi connectivity index (χ2v) is 7.54. The third-order valence-electron chi connectivity index (χ3n) is 4.58. The Morgan fingerprint density at radius 3 is 1.46 bits per heavy atom. The number of ether oxygens (including phenoxy) is 2. The highest BCUT2D eigenvalue weighted by Gasteiger charge is 2.41. The first kappa shape index (κ1) is 19.9. The van der Waals surface area contributed by atoms with E-state index in [-0.39, 0.29) is 22.8 Å². The van der Waals surface area contributed by atoms with Crippen LogP contribution < -0.4 is 0 Å². The number of nitro groups is 2. The first-order chi connectivity index (χ1) is 13.0. The Balaban J connectivity index is 0.000000161. The zero-order valence-electron chi connectivity index (χ0n) is 16.1. The van der Waals surface area contributed by atoms with E-state index >= 15 is 0 Å². The van der Waals surface area contributed by atoms with E-state index in [0.29, 0.717) is 38.0 Å². The molecule has 0 unspecified atom stereocenters. The maximum absolute atomic E-state index is 10.4. The van der Waals surface area contributed by atoms with Gasteiger partial charge in [0, 0.05) is 13.8 Å². The van der Waals surface area contributed by atoms with Crippen LogP contribution in [0.25, 0.3) is 0 Å². The Morgan fingerprint density at radius 1 is 0.929 bits per heavy atom. The highest BCUT2D eigenvalue weighted by Crippen LogP contribution is 2.29. The van der Waals surface area contributed by atoms with Crippen molar-refractivity contribution < 1.29 is 19.3 Å². The van der Waals surface area contributed by atoms with Crippen LogP contribution in [-0.2, 0) is 22.6 Å². The smallest absolute Gasteiger partial charge is 0.368 e. The monoisotopic (exact) mass is 394 g/mol. The van der Waals surface area contributed by atoms with E-state index in [1.54, 1.807) is 23.0 Å². The minimum atomic E-state index is -0.487. The predicted molar refractivity (Wildman–Crippen MR) is 96.0 cm³/mol. The van der Waals surface area contributed by atoms with Crippen molar-refractivity contribution >= 4 is 11.6 Å². The molecule has 0 aromatic carbocycles. The van der Waals surface area contributed by atoms with Gasteiger partial charge in [-0.1, -0.05) is 0 Å². The highest BCUT2D eigenvalue weighted by atomic mass is 16.6. The molecular formula is C16H22N6O6. The van der Waals surface area contributed by atoms with Crippen LogP contribution in [0.15, 0.2) is 12.4 Å². The van der Waals surface area contributed by atoms with E-state index in [2.05, 4.69) is 9.97 Å². The first-order valence-corrected chi connectivity index (χ1v) is 8.65. The molecule has 2 aliphatic heterocycles. The molecule has 0 radical (unpaired) electrons. The first-order valence-electron chi connectivity index (χ1n) is 8.65. The number of hydrogen-bond donors (Lipinski definition) is 0. The van der Waals surface area contributed by atoms with Crippen LogP contribution in [0.4, 0.5) is 11.6 Å². The molecule has 0 spiro atoms. The second kappa shape index (κ2) is 6.95. The van der Waals surface area contributed by atoms with Crippen LogP contribution in [-0.4, -0.2) is 53.4 Å². The third kappa shape index (κ3) is 4.70. The quantitative estimate of drug-likeness (QED) is 0.409. The average molecular weight is 394 g/mol. The molecule has 2 aromatic heterocycles. The summed E-state index contributed by atoms with van der Waals surface area (Å²) >= 11 is 0. The van der Waals surface area contributed by atoms with Crippen molar-refractivity contribution in [1.82, 2.24) is 19.1 Å². The summed E-state index contributed by atoms with van der Waals surface area (Å²) in [6.07, 6.45) is 2.89. The Bertz CT molecular complexity index is 837. The second-order valence-electron chi connectivity index (χ2n) is 7.54. The molecule has 152 valence electrons. The van der Waals surface area contributed by atoms with Gasteiger partial charge in [0.05, 0.1) is 26.3 Å². The van der Waals surface area contributed by atoms with Crippen molar-refractivity contribution in [2.45, 2.75) is 52.0 Å². The Hall–Kier alpha value is -2.86. The van der Waals surface area contributed by atoms with Gasteiger partial charge >= 0.3 is 11.6 Å². The van der Waals surface area contributed by atoms with Crippen molar-refractivity contribution in [3.8, 4) is 0 Å². The SMILES string of the molecule is Cc1nc([N+](=O)[O-])cn1C[C@@]1(C)CO1.Cc1nc([N+](=O)[O-])cn1C[C@]1(C)CO1. The van der Waals surface area contributed by atoms with Crippen LogP contribution >= 0.6 is 0 Å². The summed E-state index contributed by atoms with van der Waals surface area (Å²) in [5.74, 6) is 1.08. The molecule has 2 aliphatic rings. The van der Waals surface area contributed by atoms with Crippen molar-refractivity contribution in [3.63, 3.8) is 0 Å². The van der Waals surface area contributed by atoms with Gasteiger partial charge in [-0.05, 0) is 33.7 Å². The number of rotatable bonds is 6. The number of aryl methyl sites for hydroxylation is 2. The van der Waals surface area contributed by atoms with Gasteiger partial charge < -0.3 is 38.8 Å². The van der Waals surface area contributed by atoms with E-state index in [1.807, 2.05) is 13.8 Å². The molecule has 12 nitrogen and oxygen atoms in total. The van der Waals surface area contributed by atoms with Crippen LogP contribution in [0.1, 0.15) is 25.5 Å². The average Bonchev–Trinajstić information content (AvgIpc) is 3.43. The molecule has 4 heterocycles. The fourth-order valence-electron chi connectivity index (χ4n) is 2.63. The standard InChI is InChI=1S/2C8H11N3O3/c2*1-6-9-7(11(12)13)3-10(6)4-8(2)5-14-8/h2*3H,4-5H2,1-2H3/t2*8-/m10/s1. The van der Waals surface area contributed by atoms with Crippen LogP contribution in [0.3, 0.4) is 0 Å². The highest BCUT2D eigenvalue weighted by molar-refractivity contribution is 5.18. The molecule has 4 rings (SSSR count). The molecule has 12 heteroatoms. The lowest BCUT2D eigenvalue weighted by Gasteiger charge is -2.04. The summed E-state index contributed by atoms with van der Waals surface area (Å²) in [5.41, 5.74) is -0.307. The summed E-state index contributed by atoms with van der Waals surface area (Å²) in [6.45, 7) is 10.1. The molecule has 0 aliphatic carbocycles. The van der Waals surface area contributed by atoms with Crippen molar-refractivity contribution in [1.29, 1.82) is 0 Å². The zero-order valence-corrected chi connectivity index (χ0v) is 16.1. The topological polar surface area (TPSA) is 147 Å². The molecule has 28 heavy (non-hydrogen) atoms. The van der Waals surface area contributed by atoms with Crippen LogP contribution in [0, 0.1) is 34.1 Å². The summed E-state index contributed by atoms with van der Waals surface area (Å²) < 4.78 is 13.9. The lowest BCUT2D eigenvalue weighted by molar-refractivity contribution is -0.389. The number of aromatic nitrogens is 4. The van der Waals surface area contributed by atoms with E-state index in [4.69, 9.17) is 9.47 Å². The molecule has 2 aromatic rings. The summed E-state index contributed by atoms with van der Waals surface area (Å²) in [5, 5.41) is 20.9. The lowest BCUT2D eigenvalue weighted by Crippen LogP contribution is -2.15. The van der Waals surface area contributed by atoms with E-state index in [0.717, 1.165) is 0 Å². The van der Waals surface area contributed by atoms with E-state index < -0.39 is 9.85 Å². The minimum absolute atomic E-state index is 0.105. The summed E-state index contributed by atoms with van der Waals surface area (Å²) in [7, 11) is 0. The largest absolute Gasteiger partial charge is 0.381 e. The van der Waals surface area contributed by atoms with Gasteiger partial charge in [-0.3, -0.25) is 0 Å². The van der Waals surface area contributed by atoms with Gasteiger partial charge in [0.15, 0.2) is 0 Å². The number of hydrogen-bond acceptors (Lipinski definition) is 8. The fraction of sp³-hybridized carbons (Fsp3) is 0.625. The molecule has 0 amide bonds.